The van der Waals surface area contributed by atoms with Crippen molar-refractivity contribution in [3.8, 4) is 5.75 Å². The summed E-state index contributed by atoms with van der Waals surface area (Å²) in [7, 11) is -4.69. The number of alkyl halides is 2. The highest BCUT2D eigenvalue weighted by Crippen LogP contribution is 2.23. The number of hydrogen-bond donors (Lipinski definition) is 0. The lowest BCUT2D eigenvalue weighted by molar-refractivity contribution is 0.0734. The molecule has 0 amide bonds. The van der Waals surface area contributed by atoms with Crippen molar-refractivity contribution in [2.24, 2.45) is 0 Å². The molecule has 0 heterocycles. The lowest BCUT2D eigenvalue weighted by atomic mass is 10.2. The van der Waals surface area contributed by atoms with Gasteiger partial charge < -0.3 is 4.74 Å². The Bertz CT molecular complexity index is 833. The summed E-state index contributed by atoms with van der Waals surface area (Å²) in [4.78, 5) is 11.4. The van der Waals surface area contributed by atoms with E-state index in [-0.39, 0.29) is 11.3 Å². The van der Waals surface area contributed by atoms with Gasteiger partial charge in [0.15, 0.2) is 0 Å². The lowest BCUT2D eigenvalue weighted by Gasteiger charge is -2.07. The number of carbonyl (C=O) groups excluding carboxylic acids is 1. The number of ether oxygens (including phenoxy) is 1. The van der Waals surface area contributed by atoms with Gasteiger partial charge >= 0.3 is 11.7 Å². The second kappa shape index (κ2) is 6.64. The van der Waals surface area contributed by atoms with Crippen LogP contribution in [-0.4, -0.2) is 20.1 Å². The number of aryl methyl sites for hydroxylation is 1. The highest BCUT2D eigenvalue weighted by molar-refractivity contribution is 7.91. The molecule has 0 saturated carbocycles. The number of hydrogen-bond acceptors (Lipinski definition) is 4. The molecule has 23 heavy (non-hydrogen) atoms. The van der Waals surface area contributed by atoms with E-state index in [0.29, 0.717) is 5.02 Å². The van der Waals surface area contributed by atoms with Crippen LogP contribution in [0.2, 0.25) is 5.02 Å². The van der Waals surface area contributed by atoms with Gasteiger partial charge in [-0.2, -0.15) is 8.78 Å². The average Bonchev–Trinajstić information content (AvgIpc) is 2.51. The van der Waals surface area contributed by atoms with Crippen LogP contribution in [0.25, 0.3) is 0 Å². The summed E-state index contributed by atoms with van der Waals surface area (Å²) in [5.74, 6) is -3.99. The molecule has 0 atom stereocenters. The third kappa shape index (κ3) is 3.86. The van der Waals surface area contributed by atoms with Gasteiger partial charge in [0.25, 0.3) is 0 Å². The molecule has 2 aromatic rings. The molecule has 0 N–H and O–H groups in total. The molecule has 0 aliphatic rings. The fourth-order valence-corrected chi connectivity index (χ4v) is 2.57. The quantitative estimate of drug-likeness (QED) is 0.613. The number of esters is 1. The highest BCUT2D eigenvalue weighted by atomic mass is 35.5. The van der Waals surface area contributed by atoms with E-state index in [9.17, 15) is 22.0 Å². The zero-order valence-electron chi connectivity index (χ0n) is 11.8. The summed E-state index contributed by atoms with van der Waals surface area (Å²) in [6.45, 7) is 1.74. The first-order valence-electron chi connectivity index (χ1n) is 6.32. The molecule has 0 fully saturated rings. The molecule has 0 aliphatic heterocycles. The second-order valence-corrected chi connectivity index (χ2v) is 6.96. The number of rotatable bonds is 4. The van der Waals surface area contributed by atoms with Gasteiger partial charge in [0.05, 0.1) is 10.5 Å². The van der Waals surface area contributed by atoms with Crippen molar-refractivity contribution in [1.82, 2.24) is 0 Å². The van der Waals surface area contributed by atoms with E-state index in [1.165, 1.54) is 6.07 Å². The molecule has 0 aliphatic carbocycles. The maximum atomic E-state index is 12.4. The summed E-state index contributed by atoms with van der Waals surface area (Å²) in [5, 5.41) is 0.520. The van der Waals surface area contributed by atoms with Gasteiger partial charge in [-0.05, 0) is 55.0 Å². The molecule has 0 unspecified atom stereocenters. The molecule has 4 nitrogen and oxygen atoms in total. The molecule has 0 bridgehead atoms. The third-order valence-electron chi connectivity index (χ3n) is 2.99. The van der Waals surface area contributed by atoms with Gasteiger partial charge in [-0.1, -0.05) is 11.6 Å². The zero-order chi connectivity index (χ0) is 17.2. The van der Waals surface area contributed by atoms with E-state index < -0.39 is 26.5 Å². The summed E-state index contributed by atoms with van der Waals surface area (Å²) in [5.41, 5.74) is 0.751. The number of carbonyl (C=O) groups is 1. The Hall–Kier alpha value is -1.99. The molecular weight excluding hydrogens is 350 g/mol. The normalized spacial score (nSPS) is 11.5. The summed E-state index contributed by atoms with van der Waals surface area (Å²) in [6, 6.07) is 8.73. The molecule has 0 aromatic heterocycles. The standard InChI is InChI=1S/C15H11ClF2O4S/c1-9-8-11(4-7-13(9)16)22-14(19)10-2-5-12(6-3-10)23(20,21)15(17)18/h2-8,15H,1H3. The van der Waals surface area contributed by atoms with Crippen molar-refractivity contribution >= 4 is 27.4 Å². The van der Waals surface area contributed by atoms with Crippen LogP contribution in [0.1, 0.15) is 15.9 Å². The smallest absolute Gasteiger partial charge is 0.343 e. The van der Waals surface area contributed by atoms with Crippen molar-refractivity contribution in [2.75, 3.05) is 0 Å². The largest absolute Gasteiger partial charge is 0.423 e. The first-order chi connectivity index (χ1) is 10.7. The minimum absolute atomic E-state index is 0.0332. The van der Waals surface area contributed by atoms with Gasteiger partial charge in [0.2, 0.25) is 9.84 Å². The van der Waals surface area contributed by atoms with E-state index in [4.69, 9.17) is 16.3 Å². The predicted molar refractivity (Wildman–Crippen MR) is 80.8 cm³/mol. The lowest BCUT2D eigenvalue weighted by Crippen LogP contribution is -2.12. The average molecular weight is 361 g/mol. The van der Waals surface area contributed by atoms with Crippen LogP contribution in [0.15, 0.2) is 47.4 Å². The van der Waals surface area contributed by atoms with Gasteiger partial charge in [-0.15, -0.1) is 0 Å². The Balaban J connectivity index is 2.19. The summed E-state index contributed by atoms with van der Waals surface area (Å²) >= 11 is 5.86. The molecule has 0 saturated heterocycles. The predicted octanol–water partition coefficient (Wildman–Crippen LogP) is 3.86. The van der Waals surface area contributed by atoms with Crippen LogP contribution in [0.3, 0.4) is 0 Å². The maximum Gasteiger partial charge on any atom is 0.343 e. The minimum Gasteiger partial charge on any atom is -0.423 e. The third-order valence-corrected chi connectivity index (χ3v) is 4.82. The molecule has 0 spiro atoms. The molecule has 0 radical (unpaired) electrons. The van der Waals surface area contributed by atoms with Crippen molar-refractivity contribution in [3.63, 3.8) is 0 Å². The molecule has 8 heteroatoms. The van der Waals surface area contributed by atoms with Crippen molar-refractivity contribution < 1.29 is 26.7 Å². The van der Waals surface area contributed by atoms with E-state index in [2.05, 4.69) is 0 Å². The first kappa shape index (κ1) is 17.4. The monoisotopic (exact) mass is 360 g/mol. The van der Waals surface area contributed by atoms with Crippen molar-refractivity contribution in [2.45, 2.75) is 17.6 Å². The van der Waals surface area contributed by atoms with Crippen LogP contribution in [-0.2, 0) is 9.84 Å². The van der Waals surface area contributed by atoms with Gasteiger partial charge in [0.1, 0.15) is 5.75 Å². The fourth-order valence-electron chi connectivity index (χ4n) is 1.73. The minimum atomic E-state index is -4.69. The van der Waals surface area contributed by atoms with Gasteiger partial charge in [-0.25, -0.2) is 13.2 Å². The van der Waals surface area contributed by atoms with Crippen molar-refractivity contribution in [1.29, 1.82) is 0 Å². The summed E-state index contributed by atoms with van der Waals surface area (Å²) < 4.78 is 52.6. The van der Waals surface area contributed by atoms with Crippen LogP contribution in [0, 0.1) is 6.92 Å². The first-order valence-corrected chi connectivity index (χ1v) is 8.24. The molecule has 122 valence electrons. The van der Waals surface area contributed by atoms with Gasteiger partial charge in [0, 0.05) is 5.02 Å². The van der Waals surface area contributed by atoms with E-state index in [1.807, 2.05) is 0 Å². The Morgan fingerprint density at radius 2 is 1.74 bits per heavy atom. The Kier molecular flexibility index (Phi) is 5.01. The van der Waals surface area contributed by atoms with Crippen LogP contribution in [0.5, 0.6) is 5.75 Å². The van der Waals surface area contributed by atoms with E-state index >= 15 is 0 Å². The van der Waals surface area contributed by atoms with Crippen LogP contribution < -0.4 is 4.74 Å². The number of sulfone groups is 1. The Labute approximate surface area is 136 Å². The molecule has 2 rings (SSSR count). The van der Waals surface area contributed by atoms with E-state index in [0.717, 1.165) is 29.8 Å². The second-order valence-electron chi connectivity index (χ2n) is 4.63. The molecule has 2 aromatic carbocycles. The van der Waals surface area contributed by atoms with Crippen LogP contribution >= 0.6 is 11.6 Å². The van der Waals surface area contributed by atoms with Crippen molar-refractivity contribution in [3.05, 3.63) is 58.6 Å². The Morgan fingerprint density at radius 3 is 2.26 bits per heavy atom. The van der Waals surface area contributed by atoms with E-state index in [1.54, 1.807) is 19.1 Å². The SMILES string of the molecule is Cc1cc(OC(=O)c2ccc(S(=O)(=O)C(F)F)cc2)ccc1Cl. The summed E-state index contributed by atoms with van der Waals surface area (Å²) in [6.07, 6.45) is 0. The number of halogens is 3. The fraction of sp³-hybridized carbons (Fsp3) is 0.133. The number of benzene rings is 2. The van der Waals surface area contributed by atoms with Crippen LogP contribution in [0.4, 0.5) is 8.78 Å². The van der Waals surface area contributed by atoms with Gasteiger partial charge in [-0.3, -0.25) is 0 Å². The molecular formula is C15H11ClF2O4S. The topological polar surface area (TPSA) is 60.4 Å². The Morgan fingerprint density at radius 1 is 1.13 bits per heavy atom. The highest BCUT2D eigenvalue weighted by Gasteiger charge is 2.26. The zero-order valence-corrected chi connectivity index (χ0v) is 13.4. The maximum absolute atomic E-state index is 12.4.